The number of fused-ring (bicyclic) bond motifs is 3. The highest BCUT2D eigenvalue weighted by Gasteiger charge is 2.23. The van der Waals surface area contributed by atoms with E-state index in [1.54, 1.807) is 38.2 Å². The van der Waals surface area contributed by atoms with Gasteiger partial charge in [-0.05, 0) is 37.5 Å². The first kappa shape index (κ1) is 22.1. The van der Waals surface area contributed by atoms with E-state index in [1.165, 1.54) is 17.7 Å². The molecule has 0 aliphatic rings. The van der Waals surface area contributed by atoms with Crippen LogP contribution < -0.4 is 15.7 Å². The number of anilines is 1. The number of hydrogen-bond donors (Lipinski definition) is 2. The van der Waals surface area contributed by atoms with Crippen LogP contribution in [-0.2, 0) is 11.8 Å². The normalized spacial score (nSPS) is 12.2. The highest BCUT2D eigenvalue weighted by molar-refractivity contribution is 6.07. The molecular formula is C22H26N4O5. The molecule has 0 saturated heterocycles. The summed E-state index contributed by atoms with van der Waals surface area (Å²) in [5.41, 5.74) is 0.307. The first-order chi connectivity index (χ1) is 14.6. The van der Waals surface area contributed by atoms with Gasteiger partial charge in [0.05, 0.1) is 16.9 Å². The van der Waals surface area contributed by atoms with Gasteiger partial charge in [-0.3, -0.25) is 9.59 Å². The van der Waals surface area contributed by atoms with E-state index in [2.05, 4.69) is 10.3 Å². The average Bonchev–Trinajstić information content (AvgIpc) is 2.68. The molecular weight excluding hydrogens is 400 g/mol. The number of carbonyl (C=O) groups is 2. The minimum absolute atomic E-state index is 0.259. The van der Waals surface area contributed by atoms with Gasteiger partial charge in [0.2, 0.25) is 5.91 Å². The predicted octanol–water partition coefficient (Wildman–Crippen LogP) is 3.75. The van der Waals surface area contributed by atoms with Crippen molar-refractivity contribution in [2.24, 2.45) is 13.0 Å². The largest absolute Gasteiger partial charge is 0.463 e. The number of hydrogen-bond acceptors (Lipinski definition) is 5. The quantitative estimate of drug-likeness (QED) is 0.458. The Morgan fingerprint density at radius 1 is 1.19 bits per heavy atom. The van der Waals surface area contributed by atoms with Crippen molar-refractivity contribution in [3.8, 4) is 5.75 Å². The van der Waals surface area contributed by atoms with Crippen molar-refractivity contribution in [1.29, 1.82) is 0 Å². The molecule has 0 aliphatic heterocycles. The van der Waals surface area contributed by atoms with E-state index in [1.807, 2.05) is 13.8 Å². The van der Waals surface area contributed by atoms with Gasteiger partial charge in [-0.15, -0.1) is 5.06 Å². The lowest BCUT2D eigenvalue weighted by Gasteiger charge is -2.27. The molecule has 164 valence electrons. The minimum atomic E-state index is -1.19. The number of aryl methyl sites for hydroxylation is 1. The molecule has 0 spiro atoms. The van der Waals surface area contributed by atoms with Gasteiger partial charge in [0.25, 0.3) is 5.56 Å². The van der Waals surface area contributed by atoms with Crippen LogP contribution in [0, 0.1) is 5.92 Å². The number of aromatic nitrogens is 2. The summed E-state index contributed by atoms with van der Waals surface area (Å²) in [6.45, 7) is 7.19. The Hall–Kier alpha value is -3.62. The van der Waals surface area contributed by atoms with Crippen molar-refractivity contribution in [2.45, 2.75) is 40.2 Å². The Morgan fingerprint density at radius 3 is 2.52 bits per heavy atom. The van der Waals surface area contributed by atoms with Crippen LogP contribution in [0.25, 0.3) is 21.7 Å². The van der Waals surface area contributed by atoms with E-state index in [9.17, 15) is 19.5 Å². The summed E-state index contributed by atoms with van der Waals surface area (Å²) in [5, 5.41) is 14.9. The van der Waals surface area contributed by atoms with Crippen molar-refractivity contribution < 1.29 is 19.5 Å². The number of rotatable bonds is 6. The van der Waals surface area contributed by atoms with E-state index in [4.69, 9.17) is 4.84 Å². The van der Waals surface area contributed by atoms with E-state index in [-0.39, 0.29) is 17.5 Å². The number of pyridine rings is 2. The van der Waals surface area contributed by atoms with E-state index in [0.717, 1.165) is 10.4 Å². The fraction of sp³-hybridized carbons (Fsp3) is 0.364. The molecule has 3 aromatic rings. The standard InChI is InChI=1S/C22H26N4O5/c1-12(2)8-13(3)26(22(29)30)31-15-6-7-16-17-10-20(24-14(4)27)23-11-18(17)21(28)25(5)19(16)9-15/h6-7,9-13H,8H2,1-5H3,(H,29,30)(H,23,24,27). The summed E-state index contributed by atoms with van der Waals surface area (Å²) in [4.78, 5) is 45.7. The highest BCUT2D eigenvalue weighted by Crippen LogP contribution is 2.28. The molecule has 0 saturated carbocycles. The van der Waals surface area contributed by atoms with Crippen molar-refractivity contribution in [2.75, 3.05) is 5.32 Å². The van der Waals surface area contributed by atoms with Gasteiger partial charge >= 0.3 is 6.09 Å². The molecule has 1 unspecified atom stereocenters. The van der Waals surface area contributed by atoms with E-state index in [0.29, 0.717) is 40.2 Å². The molecule has 0 aliphatic carbocycles. The van der Waals surface area contributed by atoms with Gasteiger partial charge in [0.1, 0.15) is 5.82 Å². The second-order valence-electron chi connectivity index (χ2n) is 8.02. The lowest BCUT2D eigenvalue weighted by Crippen LogP contribution is -2.41. The molecule has 2 amide bonds. The predicted molar refractivity (Wildman–Crippen MR) is 118 cm³/mol. The molecule has 3 rings (SSSR count). The van der Waals surface area contributed by atoms with Gasteiger partial charge in [-0.1, -0.05) is 13.8 Å². The molecule has 0 bridgehead atoms. The van der Waals surface area contributed by atoms with Crippen LogP contribution in [0.15, 0.2) is 35.3 Å². The summed E-state index contributed by atoms with van der Waals surface area (Å²) in [7, 11) is 1.63. The van der Waals surface area contributed by atoms with Gasteiger partial charge in [0.15, 0.2) is 5.75 Å². The zero-order valence-corrected chi connectivity index (χ0v) is 18.2. The SMILES string of the molecule is CC(=O)Nc1cc2c(cn1)c(=O)n(C)c1cc(ON(C(=O)O)C(C)CC(C)C)ccc21. The lowest BCUT2D eigenvalue weighted by atomic mass is 10.1. The van der Waals surface area contributed by atoms with Crippen molar-refractivity contribution in [1.82, 2.24) is 14.6 Å². The van der Waals surface area contributed by atoms with Crippen LogP contribution in [-0.4, -0.2) is 37.8 Å². The van der Waals surface area contributed by atoms with Gasteiger partial charge < -0.3 is 19.8 Å². The zero-order chi connectivity index (χ0) is 22.9. The molecule has 2 aromatic heterocycles. The summed E-state index contributed by atoms with van der Waals surface area (Å²) in [6, 6.07) is 6.35. The number of carbonyl (C=O) groups excluding carboxylic acids is 1. The highest BCUT2D eigenvalue weighted by atomic mass is 16.7. The smallest absolute Gasteiger partial charge is 0.440 e. The molecule has 31 heavy (non-hydrogen) atoms. The minimum Gasteiger partial charge on any atom is -0.463 e. The second-order valence-corrected chi connectivity index (χ2v) is 8.02. The lowest BCUT2D eigenvalue weighted by molar-refractivity contribution is -0.114. The molecule has 2 N–H and O–H groups in total. The summed E-state index contributed by atoms with van der Waals surface area (Å²) in [6.07, 6.45) is 0.890. The third-order valence-corrected chi connectivity index (χ3v) is 4.97. The number of nitrogens with one attached hydrogen (secondary N) is 1. The monoisotopic (exact) mass is 426 g/mol. The molecule has 9 nitrogen and oxygen atoms in total. The Balaban J connectivity index is 2.09. The fourth-order valence-electron chi connectivity index (χ4n) is 3.67. The maximum Gasteiger partial charge on any atom is 0.440 e. The van der Waals surface area contributed by atoms with Crippen LogP contribution in [0.4, 0.5) is 10.6 Å². The molecule has 0 radical (unpaired) electrons. The maximum atomic E-state index is 12.8. The van der Waals surface area contributed by atoms with Crippen LogP contribution in [0.2, 0.25) is 0 Å². The van der Waals surface area contributed by atoms with Gasteiger partial charge in [0, 0.05) is 37.0 Å². The molecule has 1 atom stereocenters. The Labute approximate surface area is 179 Å². The number of carboxylic acid groups (broad SMARTS) is 1. The van der Waals surface area contributed by atoms with Crippen molar-refractivity contribution in [3.05, 3.63) is 40.8 Å². The van der Waals surface area contributed by atoms with Crippen LogP contribution in [0.3, 0.4) is 0 Å². The average molecular weight is 426 g/mol. The third kappa shape index (κ3) is 4.60. The summed E-state index contributed by atoms with van der Waals surface area (Å²) < 4.78 is 1.47. The maximum absolute atomic E-state index is 12.8. The van der Waals surface area contributed by atoms with Crippen molar-refractivity contribution >= 4 is 39.5 Å². The van der Waals surface area contributed by atoms with Crippen LogP contribution in [0.1, 0.15) is 34.1 Å². The Morgan fingerprint density at radius 2 is 1.90 bits per heavy atom. The molecule has 9 heteroatoms. The first-order valence-corrected chi connectivity index (χ1v) is 9.98. The summed E-state index contributed by atoms with van der Waals surface area (Å²) in [5.74, 6) is 0.682. The number of amides is 2. The third-order valence-electron chi connectivity index (χ3n) is 4.97. The number of benzene rings is 1. The first-order valence-electron chi connectivity index (χ1n) is 9.98. The number of nitrogens with zero attached hydrogens (tertiary/aromatic N) is 3. The number of hydroxylamine groups is 2. The topological polar surface area (TPSA) is 114 Å². The zero-order valence-electron chi connectivity index (χ0n) is 18.2. The van der Waals surface area contributed by atoms with Crippen LogP contribution >= 0.6 is 0 Å². The van der Waals surface area contributed by atoms with Crippen LogP contribution in [0.5, 0.6) is 5.75 Å². The molecule has 2 heterocycles. The van der Waals surface area contributed by atoms with Crippen molar-refractivity contribution in [3.63, 3.8) is 0 Å². The van der Waals surface area contributed by atoms with Gasteiger partial charge in [-0.25, -0.2) is 9.78 Å². The second kappa shape index (κ2) is 8.63. The Bertz CT molecular complexity index is 1220. The Kier molecular flexibility index (Phi) is 6.14. The van der Waals surface area contributed by atoms with E-state index < -0.39 is 6.09 Å². The molecule has 1 aromatic carbocycles. The van der Waals surface area contributed by atoms with Gasteiger partial charge in [-0.2, -0.15) is 0 Å². The summed E-state index contributed by atoms with van der Waals surface area (Å²) >= 11 is 0. The molecule has 0 fully saturated rings. The van der Waals surface area contributed by atoms with E-state index >= 15 is 0 Å². The fourth-order valence-corrected chi connectivity index (χ4v) is 3.67.